The Morgan fingerprint density at radius 1 is 0.912 bits per heavy atom. The van der Waals surface area contributed by atoms with Crippen molar-refractivity contribution in [1.82, 2.24) is 9.21 Å². The molecule has 0 spiro atoms. The molecule has 2 saturated heterocycles. The number of carbonyl (C=O) groups excluding carboxylic acids is 1. The van der Waals surface area contributed by atoms with Gasteiger partial charge in [0.05, 0.1) is 17.7 Å². The van der Waals surface area contributed by atoms with Gasteiger partial charge >= 0.3 is 0 Å². The quantitative estimate of drug-likeness (QED) is 0.650. The SMILES string of the molecule is COc1ccccc1N1CCN(C(=O)C2CCN(S(=O)(=O)c3c(C)cc(C)cc3C)CC2)CC1. The summed E-state index contributed by atoms with van der Waals surface area (Å²) >= 11 is 0. The number of para-hydroxylation sites is 2. The fraction of sp³-hybridized carbons (Fsp3) is 0.500. The van der Waals surface area contributed by atoms with E-state index in [1.165, 1.54) is 0 Å². The Bertz CT molecular complexity index is 1130. The highest BCUT2D eigenvalue weighted by atomic mass is 32.2. The molecular formula is C26H35N3O4S. The van der Waals surface area contributed by atoms with Crippen LogP contribution in [-0.2, 0) is 14.8 Å². The lowest BCUT2D eigenvalue weighted by molar-refractivity contribution is -0.137. The minimum atomic E-state index is -3.57. The van der Waals surface area contributed by atoms with Crippen molar-refractivity contribution in [2.75, 3.05) is 51.3 Å². The number of aryl methyl sites for hydroxylation is 3. The molecule has 2 aromatic rings. The molecule has 1 amide bonds. The Morgan fingerprint density at radius 2 is 1.50 bits per heavy atom. The van der Waals surface area contributed by atoms with Crippen molar-refractivity contribution in [2.45, 2.75) is 38.5 Å². The predicted molar refractivity (Wildman–Crippen MR) is 134 cm³/mol. The number of amides is 1. The Hall–Kier alpha value is -2.58. The van der Waals surface area contributed by atoms with Gasteiger partial charge in [-0.3, -0.25) is 4.79 Å². The van der Waals surface area contributed by atoms with Gasteiger partial charge < -0.3 is 14.5 Å². The summed E-state index contributed by atoms with van der Waals surface area (Å²) in [4.78, 5) is 17.8. The Labute approximate surface area is 203 Å². The van der Waals surface area contributed by atoms with Crippen LogP contribution >= 0.6 is 0 Å². The van der Waals surface area contributed by atoms with Crippen LogP contribution in [0.4, 0.5) is 5.69 Å². The number of anilines is 1. The number of hydrogen-bond acceptors (Lipinski definition) is 5. The average molecular weight is 486 g/mol. The second-order valence-corrected chi connectivity index (χ2v) is 11.3. The molecule has 2 fully saturated rings. The predicted octanol–water partition coefficient (Wildman–Crippen LogP) is 3.37. The molecule has 0 saturated carbocycles. The van der Waals surface area contributed by atoms with Crippen LogP contribution in [0.2, 0.25) is 0 Å². The third-order valence-electron chi connectivity index (χ3n) is 7.02. The number of ether oxygens (including phenoxy) is 1. The number of methoxy groups -OCH3 is 1. The van der Waals surface area contributed by atoms with Gasteiger partial charge in [-0.05, 0) is 56.9 Å². The van der Waals surface area contributed by atoms with Crippen molar-refractivity contribution >= 4 is 21.6 Å². The van der Waals surface area contributed by atoms with Crippen molar-refractivity contribution in [3.8, 4) is 5.75 Å². The first-order chi connectivity index (χ1) is 16.2. The van der Waals surface area contributed by atoms with Gasteiger partial charge in [-0.15, -0.1) is 0 Å². The molecule has 2 aromatic carbocycles. The number of piperidine rings is 1. The van der Waals surface area contributed by atoms with E-state index in [0.29, 0.717) is 43.9 Å². The second-order valence-electron chi connectivity index (χ2n) is 9.39. The molecule has 7 nitrogen and oxygen atoms in total. The maximum atomic E-state index is 13.4. The fourth-order valence-corrected chi connectivity index (χ4v) is 7.24. The van der Waals surface area contributed by atoms with Crippen LogP contribution in [-0.4, -0.2) is 69.9 Å². The van der Waals surface area contributed by atoms with Crippen LogP contribution < -0.4 is 9.64 Å². The van der Waals surface area contributed by atoms with Crippen molar-refractivity contribution in [3.63, 3.8) is 0 Å². The summed E-state index contributed by atoms with van der Waals surface area (Å²) in [6.45, 7) is 9.29. The summed E-state index contributed by atoms with van der Waals surface area (Å²) < 4.78 is 33.8. The smallest absolute Gasteiger partial charge is 0.243 e. The molecule has 0 atom stereocenters. The average Bonchev–Trinajstić information content (AvgIpc) is 2.83. The van der Waals surface area contributed by atoms with Crippen molar-refractivity contribution in [3.05, 3.63) is 53.1 Å². The van der Waals surface area contributed by atoms with E-state index in [9.17, 15) is 13.2 Å². The lowest BCUT2D eigenvalue weighted by Crippen LogP contribution is -2.52. The Morgan fingerprint density at radius 3 is 2.09 bits per heavy atom. The Balaban J connectivity index is 1.35. The van der Waals surface area contributed by atoms with Crippen molar-refractivity contribution < 1.29 is 17.9 Å². The molecule has 0 aliphatic carbocycles. The number of hydrogen-bond donors (Lipinski definition) is 0. The van der Waals surface area contributed by atoms with Crippen LogP contribution in [0.25, 0.3) is 0 Å². The standard InChI is InChI=1S/C26H35N3O4S/c1-19-17-20(2)25(21(3)18-19)34(31,32)29-11-9-22(10-12-29)26(30)28-15-13-27(14-16-28)23-7-5-6-8-24(23)33-4/h5-8,17-18,22H,9-16H2,1-4H3. The van der Waals surface area contributed by atoms with Gasteiger partial charge in [0.15, 0.2) is 0 Å². The molecule has 0 aromatic heterocycles. The van der Waals surface area contributed by atoms with Gasteiger partial charge in [-0.2, -0.15) is 4.31 Å². The number of benzene rings is 2. The molecule has 0 N–H and O–H groups in total. The minimum Gasteiger partial charge on any atom is -0.495 e. The molecule has 34 heavy (non-hydrogen) atoms. The third-order valence-corrected chi connectivity index (χ3v) is 9.23. The summed E-state index contributed by atoms with van der Waals surface area (Å²) in [6, 6.07) is 11.8. The van der Waals surface area contributed by atoms with Crippen LogP contribution in [0.15, 0.2) is 41.3 Å². The van der Waals surface area contributed by atoms with Gasteiger partial charge in [-0.1, -0.05) is 29.8 Å². The highest BCUT2D eigenvalue weighted by Gasteiger charge is 2.36. The summed E-state index contributed by atoms with van der Waals surface area (Å²) in [6.07, 6.45) is 1.13. The molecule has 2 aliphatic rings. The monoisotopic (exact) mass is 485 g/mol. The maximum Gasteiger partial charge on any atom is 0.243 e. The largest absolute Gasteiger partial charge is 0.495 e. The van der Waals surface area contributed by atoms with E-state index in [1.54, 1.807) is 11.4 Å². The molecule has 184 valence electrons. The van der Waals surface area contributed by atoms with Gasteiger partial charge in [0.1, 0.15) is 5.75 Å². The highest BCUT2D eigenvalue weighted by Crippen LogP contribution is 2.31. The van der Waals surface area contributed by atoms with E-state index >= 15 is 0 Å². The van der Waals surface area contributed by atoms with Gasteiger partial charge in [-0.25, -0.2) is 8.42 Å². The van der Waals surface area contributed by atoms with E-state index < -0.39 is 10.0 Å². The van der Waals surface area contributed by atoms with E-state index in [1.807, 2.05) is 62.1 Å². The molecule has 0 unspecified atom stereocenters. The van der Waals surface area contributed by atoms with E-state index in [2.05, 4.69) is 4.90 Å². The third kappa shape index (κ3) is 4.79. The first kappa shape index (κ1) is 24.5. The molecule has 0 radical (unpaired) electrons. The fourth-order valence-electron chi connectivity index (χ4n) is 5.36. The first-order valence-corrected chi connectivity index (χ1v) is 13.4. The molecule has 2 heterocycles. The summed E-state index contributed by atoms with van der Waals surface area (Å²) in [5, 5.41) is 0. The topological polar surface area (TPSA) is 70.2 Å². The summed E-state index contributed by atoms with van der Waals surface area (Å²) in [5.41, 5.74) is 3.67. The summed E-state index contributed by atoms with van der Waals surface area (Å²) in [5.74, 6) is 0.874. The van der Waals surface area contributed by atoms with E-state index in [4.69, 9.17) is 4.74 Å². The molecular weight excluding hydrogens is 450 g/mol. The summed E-state index contributed by atoms with van der Waals surface area (Å²) in [7, 11) is -1.90. The number of rotatable bonds is 5. The normalized spacial score (nSPS) is 18.2. The van der Waals surface area contributed by atoms with Gasteiger partial charge in [0.25, 0.3) is 0 Å². The lowest BCUT2D eigenvalue weighted by atomic mass is 9.96. The zero-order valence-corrected chi connectivity index (χ0v) is 21.4. The number of nitrogens with zero attached hydrogens (tertiary/aromatic N) is 3. The van der Waals surface area contributed by atoms with Gasteiger partial charge in [0.2, 0.25) is 15.9 Å². The maximum absolute atomic E-state index is 13.4. The second kappa shape index (κ2) is 9.96. The van der Waals surface area contributed by atoms with Crippen LogP contribution in [0.3, 0.4) is 0 Å². The number of piperazine rings is 1. The van der Waals surface area contributed by atoms with Crippen LogP contribution in [0, 0.1) is 26.7 Å². The lowest BCUT2D eigenvalue weighted by Gasteiger charge is -2.39. The number of sulfonamides is 1. The Kier molecular flexibility index (Phi) is 7.19. The van der Waals surface area contributed by atoms with Crippen LogP contribution in [0.5, 0.6) is 5.75 Å². The first-order valence-electron chi connectivity index (χ1n) is 12.0. The molecule has 4 rings (SSSR count). The van der Waals surface area contributed by atoms with E-state index in [-0.39, 0.29) is 11.8 Å². The molecule has 2 aliphatic heterocycles. The molecule has 8 heteroatoms. The van der Waals surface area contributed by atoms with E-state index in [0.717, 1.165) is 41.2 Å². The van der Waals surface area contributed by atoms with Crippen molar-refractivity contribution in [1.29, 1.82) is 0 Å². The molecule has 0 bridgehead atoms. The number of carbonyl (C=O) groups is 1. The highest BCUT2D eigenvalue weighted by molar-refractivity contribution is 7.89. The zero-order chi connectivity index (χ0) is 24.5. The minimum absolute atomic E-state index is 0.121. The zero-order valence-electron chi connectivity index (χ0n) is 20.6. The van der Waals surface area contributed by atoms with Crippen molar-refractivity contribution in [2.24, 2.45) is 5.92 Å². The van der Waals surface area contributed by atoms with Crippen LogP contribution in [0.1, 0.15) is 29.5 Å². The van der Waals surface area contributed by atoms with Gasteiger partial charge in [0, 0.05) is 45.2 Å².